The van der Waals surface area contributed by atoms with Gasteiger partial charge >= 0.3 is 0 Å². The van der Waals surface area contributed by atoms with Gasteiger partial charge in [-0.15, -0.1) is 0 Å². The summed E-state index contributed by atoms with van der Waals surface area (Å²) in [7, 11) is 0.898. The molecule has 0 heterocycles. The summed E-state index contributed by atoms with van der Waals surface area (Å²) in [5.41, 5.74) is 0.164. The van der Waals surface area contributed by atoms with E-state index in [1.807, 2.05) is 0 Å². The van der Waals surface area contributed by atoms with E-state index < -0.39 is 14.9 Å². The second-order valence-electron chi connectivity index (χ2n) is 2.45. The number of halogens is 3. The zero-order chi connectivity index (χ0) is 10.8. The van der Waals surface area contributed by atoms with Crippen LogP contribution in [0.25, 0.3) is 5.83 Å². The van der Waals surface area contributed by atoms with Gasteiger partial charge in [0.05, 0.1) is 5.41 Å². The highest BCUT2D eigenvalue weighted by Crippen LogP contribution is 2.20. The van der Waals surface area contributed by atoms with Gasteiger partial charge < -0.3 is 0 Å². The summed E-state index contributed by atoms with van der Waals surface area (Å²) in [6.45, 7) is 0. The molecule has 6 heteroatoms. The van der Waals surface area contributed by atoms with Crippen LogP contribution in [0.1, 0.15) is 5.56 Å². The standard InChI is InChI=1S/C8H5BrClFO2S/c9-7-3-1-6(2-4-7)8(11)5-14(10,12)13/h1-5H/b8-5+. The van der Waals surface area contributed by atoms with E-state index in [0.717, 1.165) is 4.47 Å². The van der Waals surface area contributed by atoms with Crippen LogP contribution in [0.3, 0.4) is 0 Å². The van der Waals surface area contributed by atoms with Gasteiger partial charge in [0.15, 0.2) is 0 Å². The first kappa shape index (κ1) is 11.7. The van der Waals surface area contributed by atoms with Crippen LogP contribution >= 0.6 is 26.6 Å². The van der Waals surface area contributed by atoms with Gasteiger partial charge in [0, 0.05) is 20.7 Å². The molecular weight excluding hydrogens is 295 g/mol. The van der Waals surface area contributed by atoms with Crippen molar-refractivity contribution in [3.63, 3.8) is 0 Å². The second kappa shape index (κ2) is 4.42. The molecule has 2 nitrogen and oxygen atoms in total. The van der Waals surface area contributed by atoms with E-state index in [1.165, 1.54) is 12.1 Å². The Kier molecular flexibility index (Phi) is 3.69. The molecule has 0 spiro atoms. The molecule has 14 heavy (non-hydrogen) atoms. The summed E-state index contributed by atoms with van der Waals surface area (Å²) in [4.78, 5) is 0. The molecule has 0 atom stereocenters. The smallest absolute Gasteiger partial charge is 0.207 e. The maximum Gasteiger partial charge on any atom is 0.257 e. The molecule has 1 rings (SSSR count). The summed E-state index contributed by atoms with van der Waals surface area (Å²) >= 11 is 3.17. The minimum absolute atomic E-state index is 0.164. The van der Waals surface area contributed by atoms with Crippen molar-refractivity contribution < 1.29 is 12.8 Å². The largest absolute Gasteiger partial charge is 0.257 e. The van der Waals surface area contributed by atoms with Crippen LogP contribution in [0.4, 0.5) is 4.39 Å². The van der Waals surface area contributed by atoms with Crippen molar-refractivity contribution in [3.05, 3.63) is 39.7 Å². The van der Waals surface area contributed by atoms with Gasteiger partial charge in [0.1, 0.15) is 5.83 Å². The zero-order valence-electron chi connectivity index (χ0n) is 6.75. The monoisotopic (exact) mass is 298 g/mol. The molecule has 0 unspecified atom stereocenters. The van der Waals surface area contributed by atoms with E-state index in [9.17, 15) is 12.8 Å². The molecule has 1 aromatic carbocycles. The predicted molar refractivity (Wildman–Crippen MR) is 58.0 cm³/mol. The quantitative estimate of drug-likeness (QED) is 0.785. The molecule has 76 valence electrons. The van der Waals surface area contributed by atoms with Crippen LogP contribution in [0.2, 0.25) is 0 Å². The van der Waals surface area contributed by atoms with Crippen molar-refractivity contribution in [2.45, 2.75) is 0 Å². The topological polar surface area (TPSA) is 34.1 Å². The van der Waals surface area contributed by atoms with Gasteiger partial charge in [-0.25, -0.2) is 12.8 Å². The molecule has 0 aliphatic carbocycles. The van der Waals surface area contributed by atoms with Crippen LogP contribution in [0, 0.1) is 0 Å². The highest BCUT2D eigenvalue weighted by Gasteiger charge is 2.06. The fourth-order valence-electron chi connectivity index (χ4n) is 0.801. The van der Waals surface area contributed by atoms with Gasteiger partial charge in [0.2, 0.25) is 0 Å². The Hall–Kier alpha value is -0.390. The van der Waals surface area contributed by atoms with Crippen LogP contribution < -0.4 is 0 Å². The fourth-order valence-corrected chi connectivity index (χ4v) is 1.68. The van der Waals surface area contributed by atoms with Gasteiger partial charge in [0.25, 0.3) is 9.05 Å². The SMILES string of the molecule is O=S(=O)(Cl)/C=C(/F)c1ccc(Br)cc1. The highest BCUT2D eigenvalue weighted by atomic mass is 79.9. The third-order valence-corrected chi connectivity index (χ3v) is 2.65. The predicted octanol–water partition coefficient (Wildman–Crippen LogP) is 3.29. The lowest BCUT2D eigenvalue weighted by molar-refractivity contribution is 0.616. The Morgan fingerprint density at radius 1 is 1.36 bits per heavy atom. The van der Waals surface area contributed by atoms with Crippen molar-refractivity contribution in [1.29, 1.82) is 0 Å². The van der Waals surface area contributed by atoms with E-state index in [2.05, 4.69) is 15.9 Å². The van der Waals surface area contributed by atoms with Crippen LogP contribution in [0.15, 0.2) is 34.1 Å². The molecule has 0 radical (unpaired) electrons. The van der Waals surface area contributed by atoms with Crippen molar-refractivity contribution in [3.8, 4) is 0 Å². The van der Waals surface area contributed by atoms with Crippen molar-refractivity contribution in [2.75, 3.05) is 0 Å². The molecule has 0 aromatic heterocycles. The molecular formula is C8H5BrClFO2S. The Labute approximate surface area is 93.9 Å². The summed E-state index contributed by atoms with van der Waals surface area (Å²) in [5.74, 6) is -0.882. The minimum atomic E-state index is -3.96. The molecule has 0 N–H and O–H groups in total. The van der Waals surface area contributed by atoms with E-state index in [4.69, 9.17) is 10.7 Å². The van der Waals surface area contributed by atoms with Crippen LogP contribution in [-0.4, -0.2) is 8.42 Å². The third-order valence-electron chi connectivity index (χ3n) is 1.36. The highest BCUT2D eigenvalue weighted by molar-refractivity contribution is 9.10. The zero-order valence-corrected chi connectivity index (χ0v) is 9.90. The van der Waals surface area contributed by atoms with E-state index in [1.54, 1.807) is 12.1 Å². The molecule has 0 bridgehead atoms. The molecule has 0 saturated heterocycles. The second-order valence-corrected chi connectivity index (χ2v) is 5.84. The Bertz CT molecular complexity index is 453. The van der Waals surface area contributed by atoms with Crippen LogP contribution in [0.5, 0.6) is 0 Å². The normalized spacial score (nSPS) is 12.9. The maximum absolute atomic E-state index is 13.1. The number of hydrogen-bond donors (Lipinski definition) is 0. The minimum Gasteiger partial charge on any atom is -0.207 e. The average Bonchev–Trinajstić information content (AvgIpc) is 2.02. The lowest BCUT2D eigenvalue weighted by atomic mass is 10.2. The van der Waals surface area contributed by atoms with E-state index in [0.29, 0.717) is 5.41 Å². The molecule has 0 aliphatic rings. The Morgan fingerprint density at radius 3 is 2.29 bits per heavy atom. The molecule has 1 aromatic rings. The summed E-state index contributed by atoms with van der Waals surface area (Å²) in [6, 6.07) is 6.09. The summed E-state index contributed by atoms with van der Waals surface area (Å²) in [6.07, 6.45) is 0. The van der Waals surface area contributed by atoms with Crippen LogP contribution in [-0.2, 0) is 9.05 Å². The molecule has 0 fully saturated rings. The molecule has 0 amide bonds. The first-order valence-electron chi connectivity index (χ1n) is 3.46. The maximum atomic E-state index is 13.1. The molecule has 0 aliphatic heterocycles. The number of benzene rings is 1. The Balaban J connectivity index is 3.07. The van der Waals surface area contributed by atoms with Gasteiger partial charge in [-0.2, -0.15) is 0 Å². The summed E-state index contributed by atoms with van der Waals surface area (Å²) in [5, 5.41) is 0.373. The van der Waals surface area contributed by atoms with Gasteiger partial charge in [-0.3, -0.25) is 0 Å². The average molecular weight is 300 g/mol. The lowest BCUT2D eigenvalue weighted by Gasteiger charge is -1.96. The van der Waals surface area contributed by atoms with Crippen molar-refractivity contribution in [1.82, 2.24) is 0 Å². The first-order valence-corrected chi connectivity index (χ1v) is 6.63. The third kappa shape index (κ3) is 3.77. The van der Waals surface area contributed by atoms with E-state index >= 15 is 0 Å². The number of hydrogen-bond acceptors (Lipinski definition) is 2. The van der Waals surface area contributed by atoms with Gasteiger partial charge in [-0.1, -0.05) is 28.1 Å². The van der Waals surface area contributed by atoms with E-state index in [-0.39, 0.29) is 5.56 Å². The van der Waals surface area contributed by atoms with Crippen molar-refractivity contribution >= 4 is 41.5 Å². The lowest BCUT2D eigenvalue weighted by Crippen LogP contribution is -1.84. The summed E-state index contributed by atoms with van der Waals surface area (Å²) < 4.78 is 35.0. The van der Waals surface area contributed by atoms with Gasteiger partial charge in [-0.05, 0) is 12.1 Å². The first-order chi connectivity index (χ1) is 6.38. The van der Waals surface area contributed by atoms with Crippen molar-refractivity contribution in [2.24, 2.45) is 0 Å². The number of rotatable bonds is 2. The Morgan fingerprint density at radius 2 is 1.86 bits per heavy atom. The molecule has 0 saturated carbocycles. The fraction of sp³-hybridized carbons (Fsp3) is 0.